The monoisotopic (exact) mass is 736 g/mol. The second-order valence-corrected chi connectivity index (χ2v) is 14.9. The Labute approximate surface area is 248 Å². The molecule has 0 aliphatic carbocycles. The summed E-state index contributed by atoms with van der Waals surface area (Å²) in [6.07, 6.45) is 1.78. The van der Waals surface area contributed by atoms with Crippen LogP contribution in [0.4, 0.5) is 0 Å². The van der Waals surface area contributed by atoms with E-state index in [9.17, 15) is 8.42 Å². The molecule has 0 bridgehead atoms. The molecule has 0 N–H and O–H groups in total. The number of ether oxygens (including phenoxy) is 2. The van der Waals surface area contributed by atoms with Gasteiger partial charge in [0.05, 0.1) is 23.4 Å². The highest BCUT2D eigenvalue weighted by atomic mass is 79.9. The van der Waals surface area contributed by atoms with E-state index in [0.717, 1.165) is 31.5 Å². The molecule has 2 aliphatic rings. The van der Waals surface area contributed by atoms with Crippen LogP contribution in [0.2, 0.25) is 0 Å². The zero-order valence-corrected chi connectivity index (χ0v) is 26.6. The van der Waals surface area contributed by atoms with Crippen LogP contribution in [0.3, 0.4) is 0 Å². The van der Waals surface area contributed by atoms with Gasteiger partial charge in [-0.1, -0.05) is 47.8 Å². The Bertz CT molecular complexity index is 1140. The summed E-state index contributed by atoms with van der Waals surface area (Å²) in [6, 6.07) is 23.0. The molecule has 3 aromatic carbocycles. The molecule has 2 fully saturated rings. The average Bonchev–Trinajstić information content (AvgIpc) is 3.59. The number of halogens is 3. The van der Waals surface area contributed by atoms with Gasteiger partial charge in [-0.25, -0.2) is 8.42 Å². The van der Waals surface area contributed by atoms with E-state index in [1.165, 1.54) is 11.3 Å². The molecule has 0 aromatic heterocycles. The molecule has 10 heteroatoms. The Kier molecular flexibility index (Phi) is 12.8. The lowest BCUT2D eigenvalue weighted by Gasteiger charge is -2.09. The van der Waals surface area contributed by atoms with Gasteiger partial charge in [-0.15, -0.1) is 24.4 Å². The fraction of sp³-hybridized carbons (Fsp3) is 0.308. The Balaban J connectivity index is 0.000000157. The lowest BCUT2D eigenvalue weighted by atomic mass is 10.4. The van der Waals surface area contributed by atoms with Crippen molar-refractivity contribution in [3.63, 3.8) is 0 Å². The first kappa shape index (κ1) is 30.2. The van der Waals surface area contributed by atoms with Crippen LogP contribution < -0.4 is 0 Å². The van der Waals surface area contributed by atoms with Crippen LogP contribution >= 0.6 is 72.2 Å². The van der Waals surface area contributed by atoms with E-state index in [2.05, 4.69) is 84.7 Å². The second-order valence-electron chi connectivity index (χ2n) is 8.02. The van der Waals surface area contributed by atoms with Crippen molar-refractivity contribution in [2.24, 2.45) is 0 Å². The maximum Gasteiger partial charge on any atom is 0.183 e. The fourth-order valence-electron chi connectivity index (χ4n) is 3.33. The van der Waals surface area contributed by atoms with Crippen molar-refractivity contribution in [1.29, 1.82) is 0 Å². The van der Waals surface area contributed by atoms with Crippen molar-refractivity contribution < 1.29 is 17.9 Å². The van der Waals surface area contributed by atoms with Crippen LogP contribution in [0.1, 0.15) is 12.8 Å². The third kappa shape index (κ3) is 10.1. The topological polar surface area (TPSA) is 52.6 Å². The van der Waals surface area contributed by atoms with E-state index < -0.39 is 9.84 Å². The van der Waals surface area contributed by atoms with Gasteiger partial charge in [0.1, 0.15) is 0 Å². The van der Waals surface area contributed by atoms with Crippen LogP contribution in [-0.4, -0.2) is 45.3 Å². The molecule has 2 atom stereocenters. The Morgan fingerprint density at radius 1 is 0.722 bits per heavy atom. The van der Waals surface area contributed by atoms with E-state index in [1.54, 1.807) is 24.3 Å². The van der Waals surface area contributed by atoms with Gasteiger partial charge in [-0.05, 0) is 85.6 Å². The SMILES string of the molecule is Brc1ccc(S[C@@H]2CCOC2)cc1.O=S(=O)(c1ccc(Br)cc1)[C@@H]1CCOC1.Sc1ccc(Br)cc1. The quantitative estimate of drug-likeness (QED) is 0.275. The Hall–Kier alpha value is -0.330. The maximum atomic E-state index is 12.1. The van der Waals surface area contributed by atoms with Crippen molar-refractivity contribution in [3.05, 3.63) is 86.2 Å². The van der Waals surface area contributed by atoms with Crippen molar-refractivity contribution in [2.75, 3.05) is 26.4 Å². The number of sulfone groups is 1. The maximum absolute atomic E-state index is 12.1. The third-order valence-corrected chi connectivity index (χ3v) is 10.6. The van der Waals surface area contributed by atoms with Gasteiger partial charge in [-0.3, -0.25) is 0 Å². The standard InChI is InChI=1S/C10H11BrO3S.C10H11BrOS.C6H5BrS/c11-8-1-3-9(4-2-8)15(12,13)10-5-6-14-7-10;11-8-1-3-9(4-2-8)13-10-5-6-12-7-10;7-5-1-3-6(8)4-2-5/h1-4,10H,5-7H2;1-4,10H,5-7H2;1-4,8H/t2*10-;/m11./s1. The first-order valence-electron chi connectivity index (χ1n) is 11.3. The number of benzene rings is 3. The highest BCUT2D eigenvalue weighted by Crippen LogP contribution is 2.29. The average molecular weight is 739 g/mol. The largest absolute Gasteiger partial charge is 0.380 e. The van der Waals surface area contributed by atoms with Crippen LogP contribution in [0.25, 0.3) is 0 Å². The molecule has 4 nitrogen and oxygen atoms in total. The molecule has 0 spiro atoms. The predicted molar refractivity (Wildman–Crippen MR) is 161 cm³/mol. The molecule has 2 aliphatic heterocycles. The van der Waals surface area contributed by atoms with E-state index >= 15 is 0 Å². The molecule has 2 saturated heterocycles. The van der Waals surface area contributed by atoms with Crippen LogP contribution in [-0.2, 0) is 19.3 Å². The summed E-state index contributed by atoms with van der Waals surface area (Å²) in [7, 11) is -3.20. The molecule has 2 heterocycles. The summed E-state index contributed by atoms with van der Waals surface area (Å²) in [6.45, 7) is 2.69. The second kappa shape index (κ2) is 15.3. The smallest absolute Gasteiger partial charge is 0.183 e. The van der Waals surface area contributed by atoms with Crippen molar-refractivity contribution in [3.8, 4) is 0 Å². The summed E-state index contributed by atoms with van der Waals surface area (Å²) in [5.74, 6) is 0. The van der Waals surface area contributed by atoms with Gasteiger partial charge in [0.25, 0.3) is 0 Å². The Morgan fingerprint density at radius 2 is 1.22 bits per heavy atom. The molecule has 0 unspecified atom stereocenters. The molecule has 36 heavy (non-hydrogen) atoms. The van der Waals surface area contributed by atoms with E-state index in [-0.39, 0.29) is 5.25 Å². The van der Waals surface area contributed by atoms with Gasteiger partial charge >= 0.3 is 0 Å². The van der Waals surface area contributed by atoms with Crippen molar-refractivity contribution in [1.82, 2.24) is 0 Å². The minimum atomic E-state index is -3.20. The number of thioether (sulfide) groups is 1. The van der Waals surface area contributed by atoms with E-state index in [0.29, 0.717) is 29.8 Å². The zero-order chi connectivity index (χ0) is 26.0. The van der Waals surface area contributed by atoms with E-state index in [1.807, 2.05) is 36.0 Å². The van der Waals surface area contributed by atoms with Crippen LogP contribution in [0, 0.1) is 0 Å². The minimum Gasteiger partial charge on any atom is -0.380 e. The minimum absolute atomic E-state index is 0.318. The number of hydrogen-bond donors (Lipinski definition) is 1. The number of rotatable bonds is 4. The molecule has 3 aromatic rings. The molecule has 194 valence electrons. The molecular formula is C26H27Br3O4S3. The Morgan fingerprint density at radius 3 is 1.69 bits per heavy atom. The summed E-state index contributed by atoms with van der Waals surface area (Å²) in [5.41, 5.74) is 0. The first-order chi connectivity index (χ1) is 17.2. The third-order valence-electron chi connectivity index (χ3n) is 5.30. The van der Waals surface area contributed by atoms with Gasteiger partial charge in [-0.2, -0.15) is 0 Å². The van der Waals surface area contributed by atoms with Crippen LogP contribution in [0.15, 0.2) is 101 Å². The summed E-state index contributed by atoms with van der Waals surface area (Å²) < 4.78 is 37.6. The zero-order valence-electron chi connectivity index (χ0n) is 19.4. The van der Waals surface area contributed by atoms with Crippen molar-refractivity contribution in [2.45, 2.75) is 38.0 Å². The van der Waals surface area contributed by atoms with E-state index in [4.69, 9.17) is 9.47 Å². The molecule has 0 amide bonds. The van der Waals surface area contributed by atoms with Gasteiger partial charge in [0.2, 0.25) is 0 Å². The van der Waals surface area contributed by atoms with Crippen LogP contribution in [0.5, 0.6) is 0 Å². The summed E-state index contributed by atoms with van der Waals surface area (Å²) in [4.78, 5) is 2.70. The molecular weight excluding hydrogens is 712 g/mol. The lowest BCUT2D eigenvalue weighted by Crippen LogP contribution is -2.21. The van der Waals surface area contributed by atoms with Crippen molar-refractivity contribution >= 4 is 82.0 Å². The van der Waals surface area contributed by atoms with Gasteiger partial charge in [0.15, 0.2) is 9.84 Å². The lowest BCUT2D eigenvalue weighted by molar-refractivity contribution is 0.198. The molecule has 0 radical (unpaired) electrons. The normalized spacial score (nSPS) is 19.1. The highest BCUT2D eigenvalue weighted by molar-refractivity contribution is 9.11. The predicted octanol–water partition coefficient (Wildman–Crippen LogP) is 8.08. The number of hydrogen-bond acceptors (Lipinski definition) is 6. The van der Waals surface area contributed by atoms with Gasteiger partial charge in [0, 0.05) is 41.7 Å². The molecule has 0 saturated carbocycles. The highest BCUT2D eigenvalue weighted by Gasteiger charge is 2.30. The summed E-state index contributed by atoms with van der Waals surface area (Å²) >= 11 is 16.0. The number of thiol groups is 1. The fourth-order valence-corrected chi connectivity index (χ4v) is 6.91. The molecule has 5 rings (SSSR count). The van der Waals surface area contributed by atoms with Gasteiger partial charge < -0.3 is 9.47 Å². The first-order valence-corrected chi connectivity index (χ1v) is 16.5. The summed E-state index contributed by atoms with van der Waals surface area (Å²) in [5, 5.41) is 0.278.